The van der Waals surface area contributed by atoms with Gasteiger partial charge in [0.25, 0.3) is 0 Å². The van der Waals surface area contributed by atoms with E-state index >= 15 is 0 Å². The molecule has 0 saturated carbocycles. The van der Waals surface area contributed by atoms with E-state index in [1.165, 1.54) is 21.5 Å². The summed E-state index contributed by atoms with van der Waals surface area (Å²) in [5.41, 5.74) is 14.6. The van der Waals surface area contributed by atoms with E-state index in [-0.39, 0.29) is 20.4 Å². The van der Waals surface area contributed by atoms with Crippen LogP contribution >= 0.6 is 0 Å². The maximum absolute atomic E-state index is 6.83. The first kappa shape index (κ1) is 39.2. The Morgan fingerprint density at radius 1 is 0.329 bits per heavy atom. The average Bonchev–Trinajstić information content (AvgIpc) is 4.18. The molecule has 6 heterocycles. The maximum atomic E-state index is 6.83. The third-order valence-electron chi connectivity index (χ3n) is 14.3. The Balaban J connectivity index is 0.00000441. The molecule has 0 bridgehead atoms. The zero-order valence-corrected chi connectivity index (χ0v) is 38.6. The molecule has 0 radical (unpaired) electrons. The van der Waals surface area contributed by atoms with Crippen LogP contribution < -0.4 is 4.74 Å². The van der Waals surface area contributed by atoms with Crippen molar-refractivity contribution in [3.8, 4) is 22.9 Å². The summed E-state index contributed by atoms with van der Waals surface area (Å²) in [6.07, 6.45) is 0. The molecule has 0 fully saturated rings. The van der Waals surface area contributed by atoms with E-state index in [1.807, 2.05) is 12.1 Å². The molecule has 0 amide bonds. The number of imidazole rings is 2. The number of aromatic nitrogens is 6. The van der Waals surface area contributed by atoms with Gasteiger partial charge in [0.1, 0.15) is 0 Å². The molecule has 0 aliphatic rings. The van der Waals surface area contributed by atoms with Crippen LogP contribution in [0.25, 0.3) is 132 Å². The predicted octanol–water partition coefficient (Wildman–Crippen LogP) is 15.5. The summed E-state index contributed by atoms with van der Waals surface area (Å²) in [7, 11) is 0. The fourth-order valence-electron chi connectivity index (χ4n) is 11.5. The van der Waals surface area contributed by atoms with E-state index in [0.717, 1.165) is 110 Å². The van der Waals surface area contributed by atoms with Crippen LogP contribution in [0.15, 0.2) is 206 Å². The Hall–Kier alpha value is -8.80. The number of fused-ring (bicyclic) bond motifs is 24. The van der Waals surface area contributed by atoms with Crippen molar-refractivity contribution in [2.24, 2.45) is 0 Å². The van der Waals surface area contributed by atoms with Gasteiger partial charge in [-0.2, -0.15) is 0 Å². The van der Waals surface area contributed by atoms with E-state index in [2.05, 4.69) is 224 Å². The van der Waals surface area contributed by atoms with Crippen molar-refractivity contribution in [1.82, 2.24) is 27.9 Å². The Morgan fingerprint density at radius 2 is 0.714 bits per heavy atom. The standard InChI is InChI=1S/C62H34N6O.Pd/c1-3-15-37(16-4-1)65-51-23-11-7-19-45(51)57-55(65)33-31-43-41-29-27-39(35-47(41)61-63-49-21-9-13-25-53(49)67(61)59(43)57)69-40-28-30-42-44-32-34-56-58(46-20-8-12-24-52(46)66(56)38-17-5-2-6-18-38)60(44)68-54-26-14-10-22-50(54)64-62(68)48(42)36-40;/h1-34H;/q-2;+2. The van der Waals surface area contributed by atoms with E-state index < -0.39 is 0 Å². The molecule has 16 rings (SSSR count). The SMILES string of the molecule is [Pd+2].[c-]1c(Oc2[c-]c3c(cc2)c2ccc4c(c5ccccc5n4-c4ccccc4)c2n2c4ccccc4nc32)ccc2c1c1nc3ccccc3n1c1c2ccc2c1c1ccccc1n2-c1ccccc1. The molecule has 0 N–H and O–H groups in total. The monoisotopic (exact) mass is 984 g/mol. The van der Waals surface area contributed by atoms with Crippen LogP contribution in [-0.4, -0.2) is 27.9 Å². The topological polar surface area (TPSA) is 53.7 Å². The van der Waals surface area contributed by atoms with Crippen molar-refractivity contribution in [2.75, 3.05) is 0 Å². The summed E-state index contributed by atoms with van der Waals surface area (Å²) in [4.78, 5) is 10.7. The van der Waals surface area contributed by atoms with Gasteiger partial charge in [-0.25, -0.2) is 0 Å². The molecule has 16 aromatic rings. The molecule has 0 aliphatic carbocycles. The van der Waals surface area contributed by atoms with Gasteiger partial charge in [0.2, 0.25) is 0 Å². The molecule has 328 valence electrons. The largest absolute Gasteiger partial charge is 2.00 e. The minimum Gasteiger partial charge on any atom is -0.497 e. The zero-order chi connectivity index (χ0) is 44.9. The Morgan fingerprint density at radius 3 is 1.17 bits per heavy atom. The van der Waals surface area contributed by atoms with E-state index in [0.29, 0.717) is 11.5 Å². The number of pyridine rings is 2. The fraction of sp³-hybridized carbons (Fsp3) is 0. The first-order valence-electron chi connectivity index (χ1n) is 23.3. The molecule has 6 aromatic heterocycles. The normalized spacial score (nSPS) is 12.2. The summed E-state index contributed by atoms with van der Waals surface area (Å²) in [6.45, 7) is 0. The Labute approximate surface area is 412 Å². The van der Waals surface area contributed by atoms with Gasteiger partial charge < -0.3 is 22.7 Å². The quantitative estimate of drug-likeness (QED) is 0.100. The van der Waals surface area contributed by atoms with Crippen LogP contribution in [0.1, 0.15) is 0 Å². The van der Waals surface area contributed by atoms with Crippen LogP contribution in [-0.2, 0) is 20.4 Å². The number of benzene rings is 10. The van der Waals surface area contributed by atoms with Crippen molar-refractivity contribution >= 4 is 120 Å². The molecule has 0 saturated heterocycles. The van der Waals surface area contributed by atoms with Gasteiger partial charge in [-0.1, -0.05) is 155 Å². The predicted molar refractivity (Wildman–Crippen MR) is 282 cm³/mol. The van der Waals surface area contributed by atoms with Crippen molar-refractivity contribution in [2.45, 2.75) is 0 Å². The second-order valence-corrected chi connectivity index (χ2v) is 17.9. The minimum absolute atomic E-state index is 0. The molecule has 7 nitrogen and oxygen atoms in total. The third kappa shape index (κ3) is 5.26. The van der Waals surface area contributed by atoms with Crippen LogP contribution in [0.5, 0.6) is 11.5 Å². The van der Waals surface area contributed by atoms with Crippen molar-refractivity contribution in [3.63, 3.8) is 0 Å². The second kappa shape index (κ2) is 14.6. The van der Waals surface area contributed by atoms with Crippen LogP contribution in [0.2, 0.25) is 0 Å². The summed E-state index contributed by atoms with van der Waals surface area (Å²) >= 11 is 0. The minimum atomic E-state index is 0. The Kier molecular flexibility index (Phi) is 8.18. The number of hydrogen-bond donors (Lipinski definition) is 0. The molecule has 10 aromatic carbocycles. The molecule has 0 spiro atoms. The third-order valence-corrected chi connectivity index (χ3v) is 14.3. The molecular formula is C62H34N6OPd. The fourth-order valence-corrected chi connectivity index (χ4v) is 11.5. The smallest absolute Gasteiger partial charge is 0.497 e. The van der Waals surface area contributed by atoms with Gasteiger partial charge in [0.05, 0.1) is 55.4 Å². The summed E-state index contributed by atoms with van der Waals surface area (Å²) in [6, 6.07) is 80.3. The van der Waals surface area contributed by atoms with Crippen LogP contribution in [0, 0.1) is 12.1 Å². The van der Waals surface area contributed by atoms with Gasteiger partial charge in [-0.05, 0) is 83.6 Å². The van der Waals surface area contributed by atoms with Gasteiger partial charge in [-0.15, -0.1) is 12.1 Å². The van der Waals surface area contributed by atoms with Crippen LogP contribution in [0.3, 0.4) is 0 Å². The van der Waals surface area contributed by atoms with Crippen LogP contribution in [0.4, 0.5) is 0 Å². The molecule has 0 unspecified atom stereocenters. The summed E-state index contributed by atoms with van der Waals surface area (Å²) in [5.74, 6) is 1.16. The number of nitrogens with zero attached hydrogens (tertiary/aromatic N) is 6. The molecule has 8 heteroatoms. The van der Waals surface area contributed by atoms with Gasteiger partial charge >= 0.3 is 20.4 Å². The maximum Gasteiger partial charge on any atom is 2.00 e. The second-order valence-electron chi connectivity index (χ2n) is 17.9. The number of ether oxygens (including phenoxy) is 1. The zero-order valence-electron chi connectivity index (χ0n) is 37.0. The number of hydrogen-bond acceptors (Lipinski definition) is 3. The van der Waals surface area contributed by atoms with E-state index in [1.54, 1.807) is 0 Å². The molecule has 0 aliphatic heterocycles. The van der Waals surface area contributed by atoms with Crippen molar-refractivity contribution < 1.29 is 25.2 Å². The van der Waals surface area contributed by atoms with E-state index in [9.17, 15) is 0 Å². The number of para-hydroxylation sites is 8. The number of rotatable bonds is 4. The molecule has 70 heavy (non-hydrogen) atoms. The first-order valence-corrected chi connectivity index (χ1v) is 23.3. The van der Waals surface area contributed by atoms with E-state index in [4.69, 9.17) is 14.7 Å². The van der Waals surface area contributed by atoms with Crippen molar-refractivity contribution in [1.29, 1.82) is 0 Å². The van der Waals surface area contributed by atoms with Gasteiger partial charge in [0.15, 0.2) is 0 Å². The van der Waals surface area contributed by atoms with Gasteiger partial charge in [-0.3, -0.25) is 9.97 Å². The molecule has 0 atom stereocenters. The van der Waals surface area contributed by atoms with Crippen molar-refractivity contribution in [3.05, 3.63) is 218 Å². The summed E-state index contributed by atoms with van der Waals surface area (Å²) in [5, 5.41) is 10.8. The van der Waals surface area contributed by atoms with Gasteiger partial charge in [0, 0.05) is 55.5 Å². The molecular weight excluding hydrogens is 951 g/mol. The average molecular weight is 985 g/mol. The summed E-state index contributed by atoms with van der Waals surface area (Å²) < 4.78 is 16.2. The first-order chi connectivity index (χ1) is 34.2. The Bertz CT molecular complexity index is 4560.